The van der Waals surface area contributed by atoms with Gasteiger partial charge in [-0.15, -0.1) is 0 Å². The first-order chi connectivity index (χ1) is 8.02. The largest absolute Gasteiger partial charge is 0.490 e. The summed E-state index contributed by atoms with van der Waals surface area (Å²) in [6.07, 6.45) is 0. The first-order valence-corrected chi connectivity index (χ1v) is 4.98. The monoisotopic (exact) mass is 237 g/mol. The molecule has 1 aromatic carbocycles. The molecule has 1 rings (SSSR count). The molecule has 0 fully saturated rings. The zero-order valence-electron chi connectivity index (χ0n) is 10.3. The molecule has 0 saturated carbocycles. The van der Waals surface area contributed by atoms with Crippen LogP contribution < -0.4 is 4.74 Å². The minimum absolute atomic E-state index is 0.0620. The Labute approximate surface area is 99.7 Å². The Hall–Kier alpha value is -2.11. The topological polar surface area (TPSA) is 68.0 Å². The minimum Gasteiger partial charge on any atom is -0.490 e. The van der Waals surface area contributed by atoms with Crippen LogP contribution in [0.2, 0.25) is 0 Å². The fourth-order valence-corrected chi connectivity index (χ4v) is 1.62. The van der Waals surface area contributed by atoms with Crippen molar-refractivity contribution in [1.29, 1.82) is 0 Å². The van der Waals surface area contributed by atoms with E-state index in [1.165, 1.54) is 13.2 Å². The SMILES string of the molecule is CN=C(c1cccc([N+](=O)[O-])c1OC)N(C)C. The fraction of sp³-hybridized carbons (Fsp3) is 0.364. The van der Waals surface area contributed by atoms with Gasteiger partial charge in [-0.05, 0) is 6.07 Å². The molecule has 0 heterocycles. The third kappa shape index (κ3) is 2.52. The Kier molecular flexibility index (Phi) is 4.03. The summed E-state index contributed by atoms with van der Waals surface area (Å²) in [4.78, 5) is 16.3. The third-order valence-corrected chi connectivity index (χ3v) is 2.27. The van der Waals surface area contributed by atoms with Gasteiger partial charge in [-0.1, -0.05) is 6.07 Å². The Bertz CT molecular complexity index is 455. The number of nitro benzene ring substituents is 1. The number of ether oxygens (including phenoxy) is 1. The van der Waals surface area contributed by atoms with Crippen molar-refractivity contribution in [3.05, 3.63) is 33.9 Å². The van der Waals surface area contributed by atoms with E-state index in [9.17, 15) is 10.1 Å². The second-order valence-electron chi connectivity index (χ2n) is 3.56. The summed E-state index contributed by atoms with van der Waals surface area (Å²) in [6.45, 7) is 0. The number of aliphatic imine (C=N–C) groups is 1. The van der Waals surface area contributed by atoms with E-state index in [1.807, 2.05) is 14.1 Å². The van der Waals surface area contributed by atoms with Gasteiger partial charge < -0.3 is 9.64 Å². The quantitative estimate of drug-likeness (QED) is 0.346. The van der Waals surface area contributed by atoms with E-state index in [0.717, 1.165) is 0 Å². The summed E-state index contributed by atoms with van der Waals surface area (Å²) < 4.78 is 5.12. The second kappa shape index (κ2) is 5.29. The summed E-state index contributed by atoms with van der Waals surface area (Å²) in [5, 5.41) is 10.9. The smallest absolute Gasteiger partial charge is 0.311 e. The van der Waals surface area contributed by atoms with Crippen LogP contribution in [0.4, 0.5) is 5.69 Å². The first-order valence-electron chi connectivity index (χ1n) is 4.98. The van der Waals surface area contributed by atoms with E-state index in [4.69, 9.17) is 4.74 Å². The van der Waals surface area contributed by atoms with Crippen molar-refractivity contribution in [2.75, 3.05) is 28.3 Å². The van der Waals surface area contributed by atoms with E-state index in [1.54, 1.807) is 24.1 Å². The van der Waals surface area contributed by atoms with Crippen LogP contribution in [0.3, 0.4) is 0 Å². The number of para-hydroxylation sites is 1. The zero-order chi connectivity index (χ0) is 13.0. The number of benzene rings is 1. The maximum absolute atomic E-state index is 10.9. The van der Waals surface area contributed by atoms with Crippen LogP contribution in [0.15, 0.2) is 23.2 Å². The van der Waals surface area contributed by atoms with Gasteiger partial charge in [0.05, 0.1) is 17.6 Å². The van der Waals surface area contributed by atoms with E-state index in [-0.39, 0.29) is 11.4 Å². The number of amidine groups is 1. The summed E-state index contributed by atoms with van der Waals surface area (Å²) in [5.41, 5.74) is 0.544. The Balaban J connectivity index is 3.44. The van der Waals surface area contributed by atoms with Crippen LogP contribution >= 0.6 is 0 Å². The van der Waals surface area contributed by atoms with Gasteiger partial charge in [0.2, 0.25) is 5.75 Å². The highest BCUT2D eigenvalue weighted by atomic mass is 16.6. The molecule has 92 valence electrons. The van der Waals surface area contributed by atoms with Gasteiger partial charge in [-0.2, -0.15) is 0 Å². The molecule has 0 amide bonds. The normalized spacial score (nSPS) is 11.2. The fourth-order valence-electron chi connectivity index (χ4n) is 1.62. The van der Waals surface area contributed by atoms with Gasteiger partial charge in [0.15, 0.2) is 0 Å². The first kappa shape index (κ1) is 13.0. The molecule has 0 aliphatic rings. The van der Waals surface area contributed by atoms with Crippen LogP contribution in [0.5, 0.6) is 5.75 Å². The van der Waals surface area contributed by atoms with E-state index in [2.05, 4.69) is 4.99 Å². The molecule has 0 saturated heterocycles. The van der Waals surface area contributed by atoms with Crippen LogP contribution in [0.1, 0.15) is 5.56 Å². The lowest BCUT2D eigenvalue weighted by molar-refractivity contribution is -0.385. The number of rotatable bonds is 3. The number of methoxy groups -OCH3 is 1. The molecule has 0 bridgehead atoms. The maximum atomic E-state index is 10.9. The van der Waals surface area contributed by atoms with E-state index < -0.39 is 4.92 Å². The highest BCUT2D eigenvalue weighted by Crippen LogP contribution is 2.31. The average Bonchev–Trinajstić information content (AvgIpc) is 2.29. The highest BCUT2D eigenvalue weighted by molar-refractivity contribution is 6.01. The van der Waals surface area contributed by atoms with Gasteiger partial charge in [-0.3, -0.25) is 15.1 Å². The van der Waals surface area contributed by atoms with Crippen molar-refractivity contribution in [2.24, 2.45) is 4.99 Å². The van der Waals surface area contributed by atoms with Gasteiger partial charge in [-0.25, -0.2) is 0 Å². The summed E-state index contributed by atoms with van der Waals surface area (Å²) in [5.74, 6) is 0.859. The van der Waals surface area contributed by atoms with Crippen molar-refractivity contribution >= 4 is 11.5 Å². The zero-order valence-corrected chi connectivity index (χ0v) is 10.3. The molecule has 1 aromatic rings. The van der Waals surface area contributed by atoms with Crippen molar-refractivity contribution < 1.29 is 9.66 Å². The molecule has 0 aromatic heterocycles. The van der Waals surface area contributed by atoms with Gasteiger partial charge in [0.1, 0.15) is 5.84 Å². The van der Waals surface area contributed by atoms with Crippen molar-refractivity contribution in [2.45, 2.75) is 0 Å². The summed E-state index contributed by atoms with van der Waals surface area (Å²) in [6, 6.07) is 4.77. The molecule has 0 aliphatic heterocycles. The molecule has 0 unspecified atom stereocenters. The third-order valence-electron chi connectivity index (χ3n) is 2.27. The standard InChI is InChI=1S/C11H15N3O3/c1-12-11(13(2)3)8-6-5-7-9(14(15)16)10(8)17-4/h5-7H,1-4H3. The molecular weight excluding hydrogens is 222 g/mol. The van der Waals surface area contributed by atoms with Crippen LogP contribution in [0.25, 0.3) is 0 Å². The Morgan fingerprint density at radius 1 is 1.47 bits per heavy atom. The lowest BCUT2D eigenvalue weighted by Gasteiger charge is -2.17. The number of nitro groups is 1. The van der Waals surface area contributed by atoms with E-state index in [0.29, 0.717) is 11.4 Å². The summed E-state index contributed by atoms with van der Waals surface area (Å²) >= 11 is 0. The lowest BCUT2D eigenvalue weighted by Crippen LogP contribution is -2.23. The molecule has 17 heavy (non-hydrogen) atoms. The molecular formula is C11H15N3O3. The predicted octanol–water partition coefficient (Wildman–Crippen LogP) is 1.54. The predicted molar refractivity (Wildman–Crippen MR) is 65.8 cm³/mol. The van der Waals surface area contributed by atoms with E-state index >= 15 is 0 Å². The number of hydrogen-bond donors (Lipinski definition) is 0. The molecule has 0 aliphatic carbocycles. The molecule has 0 spiro atoms. The molecule has 6 heteroatoms. The maximum Gasteiger partial charge on any atom is 0.311 e. The van der Waals surface area contributed by atoms with Crippen LogP contribution in [0, 0.1) is 10.1 Å². The molecule has 0 radical (unpaired) electrons. The van der Waals surface area contributed by atoms with Gasteiger partial charge in [0.25, 0.3) is 0 Å². The second-order valence-corrected chi connectivity index (χ2v) is 3.56. The lowest BCUT2D eigenvalue weighted by atomic mass is 10.1. The number of nitrogens with zero attached hydrogens (tertiary/aromatic N) is 3. The number of hydrogen-bond acceptors (Lipinski definition) is 4. The van der Waals surface area contributed by atoms with Gasteiger partial charge >= 0.3 is 5.69 Å². The highest BCUT2D eigenvalue weighted by Gasteiger charge is 2.21. The summed E-state index contributed by atoms with van der Waals surface area (Å²) in [7, 11) is 6.68. The van der Waals surface area contributed by atoms with Crippen molar-refractivity contribution in [3.8, 4) is 5.75 Å². The Morgan fingerprint density at radius 2 is 2.12 bits per heavy atom. The molecule has 0 atom stereocenters. The van der Waals surface area contributed by atoms with Crippen LogP contribution in [-0.2, 0) is 0 Å². The van der Waals surface area contributed by atoms with Gasteiger partial charge in [0, 0.05) is 27.2 Å². The average molecular weight is 237 g/mol. The molecule has 0 N–H and O–H groups in total. The minimum atomic E-state index is -0.467. The molecule has 6 nitrogen and oxygen atoms in total. The van der Waals surface area contributed by atoms with Crippen LogP contribution in [-0.4, -0.2) is 43.9 Å². The van der Waals surface area contributed by atoms with Crippen molar-refractivity contribution in [3.63, 3.8) is 0 Å². The Morgan fingerprint density at radius 3 is 2.53 bits per heavy atom. The van der Waals surface area contributed by atoms with Crippen molar-refractivity contribution in [1.82, 2.24) is 4.90 Å².